The molecule has 0 aromatic heterocycles. The lowest BCUT2D eigenvalue weighted by Gasteiger charge is -2.46. The summed E-state index contributed by atoms with van der Waals surface area (Å²) in [7, 11) is 0. The van der Waals surface area contributed by atoms with Gasteiger partial charge in [-0.15, -0.1) is 0 Å². The van der Waals surface area contributed by atoms with E-state index in [0.29, 0.717) is 26.2 Å². The van der Waals surface area contributed by atoms with Crippen LogP contribution >= 0.6 is 0 Å². The van der Waals surface area contributed by atoms with Crippen molar-refractivity contribution in [1.82, 2.24) is 9.80 Å². The predicted octanol–water partition coefficient (Wildman–Crippen LogP) is 3.37. The molecule has 2 aliphatic rings. The molecule has 2 fully saturated rings. The van der Waals surface area contributed by atoms with Crippen LogP contribution in [-0.4, -0.2) is 60.3 Å². The molecule has 1 aromatic rings. The molecule has 2 aliphatic heterocycles. The fraction of sp³-hybridized carbons (Fsp3) is 0.579. The second kappa shape index (κ2) is 7.22. The molecular weight excluding hydrogens is 337 g/mol. The average molecular weight is 361 g/mol. The molecule has 7 heteroatoms. The Morgan fingerprint density at radius 3 is 2.81 bits per heavy atom. The summed E-state index contributed by atoms with van der Waals surface area (Å²) in [6.45, 7) is 15.7. The zero-order valence-corrected chi connectivity index (χ0v) is 15.4. The van der Waals surface area contributed by atoms with Gasteiger partial charge in [-0.05, 0) is 38.5 Å². The molecule has 0 saturated carbocycles. The lowest BCUT2D eigenvalue weighted by Crippen LogP contribution is -2.59. The number of hydrogen-bond donors (Lipinski definition) is 0. The van der Waals surface area contributed by atoms with Gasteiger partial charge in [0.05, 0.1) is 25.3 Å². The lowest BCUT2D eigenvalue weighted by molar-refractivity contribution is -0.0906. The van der Waals surface area contributed by atoms with Crippen molar-refractivity contribution in [1.29, 1.82) is 0 Å². The van der Waals surface area contributed by atoms with Crippen LogP contribution in [0.5, 0.6) is 0 Å². The maximum atomic E-state index is 13.5. The normalized spacial score (nSPS) is 23.9. The van der Waals surface area contributed by atoms with Crippen LogP contribution in [0.15, 0.2) is 18.2 Å². The Morgan fingerprint density at radius 2 is 2.12 bits per heavy atom. The van der Waals surface area contributed by atoms with Crippen molar-refractivity contribution < 1.29 is 18.7 Å². The Balaban J connectivity index is 1.62. The van der Waals surface area contributed by atoms with E-state index in [1.807, 2.05) is 20.8 Å². The third-order valence-corrected chi connectivity index (χ3v) is 4.61. The van der Waals surface area contributed by atoms with E-state index in [0.717, 1.165) is 12.1 Å². The van der Waals surface area contributed by atoms with E-state index in [1.165, 1.54) is 6.07 Å². The van der Waals surface area contributed by atoms with Crippen molar-refractivity contribution in [3.63, 3.8) is 0 Å². The van der Waals surface area contributed by atoms with Crippen molar-refractivity contribution in [2.45, 2.75) is 38.5 Å². The third-order valence-electron chi connectivity index (χ3n) is 4.61. The maximum Gasteiger partial charge on any atom is 0.410 e. The van der Waals surface area contributed by atoms with Crippen LogP contribution in [0, 0.1) is 12.4 Å². The van der Waals surface area contributed by atoms with Crippen molar-refractivity contribution >= 4 is 11.8 Å². The molecule has 3 rings (SSSR count). The molecule has 26 heavy (non-hydrogen) atoms. The summed E-state index contributed by atoms with van der Waals surface area (Å²) in [5.74, 6) is -0.511. The minimum Gasteiger partial charge on any atom is -0.444 e. The van der Waals surface area contributed by atoms with Crippen LogP contribution in [0.1, 0.15) is 32.4 Å². The number of nitrogens with zero attached hydrogens (tertiary/aromatic N) is 3. The average Bonchev–Trinajstić information content (AvgIpc) is 2.59. The summed E-state index contributed by atoms with van der Waals surface area (Å²) < 4.78 is 24.9. The van der Waals surface area contributed by atoms with Crippen molar-refractivity contribution in [3.05, 3.63) is 41.0 Å². The van der Waals surface area contributed by atoms with Gasteiger partial charge < -0.3 is 14.4 Å². The smallest absolute Gasteiger partial charge is 0.410 e. The van der Waals surface area contributed by atoms with Crippen LogP contribution in [0.25, 0.3) is 4.85 Å². The number of ether oxygens (including phenoxy) is 2. The number of fused-ring (bicyclic) bond motifs is 1. The zero-order chi connectivity index (χ0) is 18.9. The maximum absolute atomic E-state index is 13.5. The van der Waals surface area contributed by atoms with Gasteiger partial charge >= 0.3 is 6.09 Å². The Kier molecular flexibility index (Phi) is 5.17. The fourth-order valence-electron chi connectivity index (χ4n) is 3.29. The number of hydrogen-bond acceptors (Lipinski definition) is 4. The molecule has 2 heterocycles. The number of rotatable bonds is 1. The summed E-state index contributed by atoms with van der Waals surface area (Å²) in [6, 6.07) is 4.67. The van der Waals surface area contributed by atoms with Gasteiger partial charge in [-0.2, -0.15) is 0 Å². The molecule has 140 valence electrons. The second-order valence-corrected chi connectivity index (χ2v) is 7.72. The molecule has 0 spiro atoms. The highest BCUT2D eigenvalue weighted by molar-refractivity contribution is 5.68. The number of morpholine rings is 1. The molecule has 0 bridgehead atoms. The van der Waals surface area contributed by atoms with E-state index in [-0.39, 0.29) is 23.9 Å². The number of halogens is 1. The first-order valence-electron chi connectivity index (χ1n) is 8.77. The molecule has 0 radical (unpaired) electrons. The SMILES string of the molecule is [C-]#[N+]c1cc([C@@H]2CN3CCN(C(=O)OC(C)(C)C)C[C@@H]3CO2)ccc1F. The van der Waals surface area contributed by atoms with Gasteiger partial charge in [0.1, 0.15) is 11.4 Å². The Morgan fingerprint density at radius 1 is 1.35 bits per heavy atom. The van der Waals surface area contributed by atoms with Gasteiger partial charge in [-0.3, -0.25) is 4.90 Å². The van der Waals surface area contributed by atoms with E-state index in [9.17, 15) is 9.18 Å². The second-order valence-electron chi connectivity index (χ2n) is 7.72. The number of benzene rings is 1. The predicted molar refractivity (Wildman–Crippen MR) is 94.5 cm³/mol. The van der Waals surface area contributed by atoms with Crippen LogP contribution in [0.4, 0.5) is 14.9 Å². The minimum atomic E-state index is -0.511. The summed E-state index contributed by atoms with van der Waals surface area (Å²) in [6.07, 6.45) is -0.486. The van der Waals surface area contributed by atoms with Crippen molar-refractivity contribution in [3.8, 4) is 0 Å². The molecular formula is C19H24FN3O3. The van der Waals surface area contributed by atoms with Crippen molar-refractivity contribution in [2.75, 3.05) is 32.8 Å². The Labute approximate surface area is 153 Å². The zero-order valence-electron chi connectivity index (χ0n) is 15.4. The van der Waals surface area contributed by atoms with Gasteiger partial charge in [0.2, 0.25) is 5.69 Å². The van der Waals surface area contributed by atoms with Crippen molar-refractivity contribution in [2.24, 2.45) is 0 Å². The van der Waals surface area contributed by atoms with Crippen LogP contribution in [0.3, 0.4) is 0 Å². The molecule has 0 unspecified atom stereocenters. The largest absolute Gasteiger partial charge is 0.444 e. The summed E-state index contributed by atoms with van der Waals surface area (Å²) in [5.41, 5.74) is 0.319. The highest BCUT2D eigenvalue weighted by Gasteiger charge is 2.36. The Bertz CT molecular complexity index is 726. The monoisotopic (exact) mass is 361 g/mol. The van der Waals surface area contributed by atoms with E-state index in [1.54, 1.807) is 17.0 Å². The van der Waals surface area contributed by atoms with Gasteiger partial charge in [-0.25, -0.2) is 14.0 Å². The molecule has 1 aromatic carbocycles. The highest BCUT2D eigenvalue weighted by Crippen LogP contribution is 2.30. The molecule has 0 aliphatic carbocycles. The first-order chi connectivity index (χ1) is 12.3. The number of amides is 1. The fourth-order valence-corrected chi connectivity index (χ4v) is 3.29. The molecule has 6 nitrogen and oxygen atoms in total. The molecule has 2 saturated heterocycles. The highest BCUT2D eigenvalue weighted by atomic mass is 19.1. The van der Waals surface area contributed by atoms with Gasteiger partial charge in [0, 0.05) is 26.2 Å². The first-order valence-corrected chi connectivity index (χ1v) is 8.77. The number of piperazine rings is 1. The summed E-state index contributed by atoms with van der Waals surface area (Å²) in [4.78, 5) is 19.5. The van der Waals surface area contributed by atoms with E-state index >= 15 is 0 Å². The van der Waals surface area contributed by atoms with E-state index in [2.05, 4.69) is 9.74 Å². The van der Waals surface area contributed by atoms with E-state index < -0.39 is 11.4 Å². The molecule has 2 atom stereocenters. The topological polar surface area (TPSA) is 46.4 Å². The quantitative estimate of drug-likeness (QED) is 0.720. The van der Waals surface area contributed by atoms with Gasteiger partial charge in [0.25, 0.3) is 0 Å². The summed E-state index contributed by atoms with van der Waals surface area (Å²) >= 11 is 0. The first kappa shape index (κ1) is 18.6. The number of carbonyl (C=O) groups is 1. The van der Waals surface area contributed by atoms with Gasteiger partial charge in [-0.1, -0.05) is 6.07 Å². The third kappa shape index (κ3) is 4.14. The van der Waals surface area contributed by atoms with Crippen LogP contribution in [0.2, 0.25) is 0 Å². The van der Waals surface area contributed by atoms with E-state index in [4.69, 9.17) is 16.0 Å². The lowest BCUT2D eigenvalue weighted by atomic mass is 10.0. The number of carbonyl (C=O) groups excluding carboxylic acids is 1. The summed E-state index contributed by atoms with van der Waals surface area (Å²) in [5, 5.41) is 0. The molecule has 0 N–H and O–H groups in total. The Hall–Kier alpha value is -2.17. The standard InChI is InChI=1S/C19H24FN3O3/c1-19(2,3)26-18(24)23-8-7-22-11-17(25-12-14(22)10-23)13-5-6-15(20)16(9-13)21-4/h5-6,9,14,17H,7-8,10-12H2,1-3H3/t14-,17+/m1/s1. The van der Waals surface area contributed by atoms with Crippen LogP contribution < -0.4 is 0 Å². The van der Waals surface area contributed by atoms with Gasteiger partial charge in [0.15, 0.2) is 0 Å². The van der Waals surface area contributed by atoms with Crippen LogP contribution in [-0.2, 0) is 9.47 Å². The minimum absolute atomic E-state index is 0.0166. The molecule has 1 amide bonds.